The van der Waals surface area contributed by atoms with Crippen molar-refractivity contribution in [2.45, 2.75) is 134 Å². The number of hydrogen-bond donors (Lipinski definition) is 0. The molecule has 0 aromatic carbocycles. The molecule has 0 aliphatic rings. The van der Waals surface area contributed by atoms with Crippen LogP contribution in [0.15, 0.2) is 0 Å². The van der Waals surface area contributed by atoms with E-state index in [1.54, 1.807) is 0 Å². The van der Waals surface area contributed by atoms with Crippen LogP contribution in [0.5, 0.6) is 0 Å². The Labute approximate surface area is 454 Å². The Kier molecular flexibility index (Phi) is 4430000. The molecule has 71 N–H and O–H groups in total. The zero-order chi connectivity index (χ0) is 16.0. The van der Waals surface area contributed by atoms with Gasteiger partial charge in [0.25, 0.3) is 0 Å². The first kappa shape index (κ1) is 19700. The van der Waals surface area contributed by atoms with Crippen LogP contribution >= 0.6 is 0 Å². The fourth-order valence-corrected chi connectivity index (χ4v) is 0. The minimum absolute atomic E-state index is 0. The molecule has 0 saturated heterocycles. The molecule has 0 aliphatic heterocycles. The van der Waals surface area contributed by atoms with Gasteiger partial charge in [0.1, 0.15) is 0 Å². The van der Waals surface area contributed by atoms with Crippen LogP contribution in [0.25, 0.3) is 0 Å². The fraction of sp³-hybridized carbons (Fsp3) is 1.00. The van der Waals surface area contributed by atoms with Gasteiger partial charge >= 0.3 is 47.9 Å². The molecule has 0 atom stereocenters. The molecule has 0 unspecified atom stereocenters. The number of rotatable bonds is 0. The summed E-state index contributed by atoms with van der Waals surface area (Å²) in [6.45, 7) is 0. The molecule has 71 heavy (non-hydrogen) atoms. The molecule has 0 aromatic rings. The van der Waals surface area contributed by atoms with Crippen LogP contribution in [0.2, 0.25) is 0 Å². The van der Waals surface area contributed by atoms with Crippen LogP contribution in [-0.4, -0.2) is 242 Å². The molecule has 0 saturated carbocycles. The predicted molar refractivity (Wildman–Crippen MR) is 287 cm³/mol. The summed E-state index contributed by atoms with van der Waals surface area (Å²) in [6.07, 6.45) is 0. The fourth-order valence-electron chi connectivity index (χ4n) is 0. The number of nitrogens with zero attached hydrogens (tertiary/aromatic N) is 14. The topological polar surface area (TPSA) is 1480 Å². The van der Waals surface area contributed by atoms with E-state index in [2.05, 4.69) is 0 Å². The summed E-state index contributed by atoms with van der Waals surface area (Å²) in [6, 6.07) is 0. The van der Waals surface area contributed by atoms with Gasteiger partial charge in [0.2, 0.25) is 0 Å². The predicted octanol–water partition coefficient (Wildman–Crippen LogP) is -18.1. The van der Waals surface area contributed by atoms with E-state index in [4.69, 9.17) is 78.7 Å². The Hall–Kier alpha value is -4.17. The molecular weight excluding hydrogens is 1050 g/mol. The van der Waals surface area contributed by atoms with E-state index in [9.17, 15) is 0 Å². The molecule has 0 aliphatic carbocycles. The third-order valence-electron chi connectivity index (χ3n) is 0. The Bertz CT molecular complexity index is 225. The summed E-state index contributed by atoms with van der Waals surface area (Å²) in [4.78, 5) is 0. The first-order valence-electron chi connectivity index (χ1n) is 1.69. The van der Waals surface area contributed by atoms with E-state index in [0.717, 1.165) is 0 Å². The van der Waals surface area contributed by atoms with Crippen molar-refractivity contribution in [3.8, 4) is 0 Å². The standard InChI is InChI=1S/18CH4.2Mg.7N2.36H2O.O.H/c;;;;;;;;;;;;;;;;;;;;7*1-2;;;;;;;;;;;;;;;;;;;;;;;;;;;;;;;;;;;;;;/h18*1H4;;;;;;;;;;36*1H2;;/q;;;;;;;;;;;;;;;;;;;+2;;;;;;;;;;;;;;;;;;;;;;;;;;;;;;;;;;;;;;;;;;;;;-1/p-1. The summed E-state index contributed by atoms with van der Waals surface area (Å²) < 4.78 is 8.28. The quantitative estimate of drug-likeness (QED) is 0.161. The first-order chi connectivity index (χ1) is 8.00. The molecule has 0 rings (SSSR count). The van der Waals surface area contributed by atoms with Crippen LogP contribution < -0.4 is 0 Å². The molecule has 51 nitrogen and oxygen atoms in total. The Morgan fingerprint density at radius 2 is 0.141 bits per heavy atom. The van der Waals surface area contributed by atoms with Crippen molar-refractivity contribution in [2.24, 2.45) is 0 Å². The van der Waals surface area contributed by atoms with Crippen molar-refractivity contribution < 1.29 is 202 Å². The van der Waals surface area contributed by atoms with Gasteiger partial charge in [0.05, 0.1) is 0 Å². The molecule has 512 valence electrons. The van der Waals surface area contributed by atoms with Gasteiger partial charge in [-0.1, -0.05) is 134 Å². The average molecular weight is 1200 g/mol. The second kappa shape index (κ2) is 15900. The normalized spacial score (nSPS) is 0.282. The molecule has 53 heteroatoms. The Morgan fingerprint density at radius 3 is 0.141 bits per heavy atom. The summed E-state index contributed by atoms with van der Waals surface area (Å²) in [5.74, 6) is 0. The summed E-state index contributed by atoms with van der Waals surface area (Å²) in [5.41, 5.74) is 0. The van der Waals surface area contributed by atoms with E-state index in [-0.39, 0.29) is 355 Å². The van der Waals surface area contributed by atoms with E-state index in [1.807, 2.05) is 0 Å². The van der Waals surface area contributed by atoms with Gasteiger partial charge in [-0.25, -0.2) is 0 Å². The van der Waals surface area contributed by atoms with Gasteiger partial charge in [-0.2, -0.15) is 0 Å². The van der Waals surface area contributed by atoms with Crippen molar-refractivity contribution in [3.05, 3.63) is 0 Å². The van der Waals surface area contributed by atoms with E-state index < -0.39 is 0 Å². The average Bonchev–Trinajstić information content (AvgIpc) is 2.54. The summed E-state index contributed by atoms with van der Waals surface area (Å²) in [5, 5.41) is 84.0. The molecule has 0 heterocycles. The minimum atomic E-state index is 0. The second-order valence-corrected chi connectivity index (χ2v) is 0. The van der Waals surface area contributed by atoms with E-state index in [1.165, 1.54) is 0 Å². The Morgan fingerprint density at radius 1 is 0.141 bits per heavy atom. The van der Waals surface area contributed by atoms with Crippen LogP contribution in [0.1, 0.15) is 135 Å². The van der Waals surface area contributed by atoms with Gasteiger partial charge in [0.15, 0.2) is 0 Å². The number of hydrogen-bond acceptors (Lipinski definition) is 16. The van der Waals surface area contributed by atoms with Crippen molar-refractivity contribution >= 4 is 44.7 Å². The molecule has 0 radical (unpaired) electrons. The van der Waals surface area contributed by atoms with E-state index >= 15 is 0 Å². The molecule has 0 aromatic heterocycles. The van der Waals surface area contributed by atoms with Crippen LogP contribution in [-0.2, 0) is 3.17 Å². The van der Waals surface area contributed by atoms with Gasteiger partial charge < -0.3 is 199 Å². The second-order valence-electron chi connectivity index (χ2n) is 0. The third kappa shape index (κ3) is 15400. The monoisotopic (exact) mass is 1200 g/mol. The third-order valence-corrected chi connectivity index (χ3v) is 0. The molecule has 0 bridgehead atoms. The molecule has 0 fully saturated rings. The zero-order valence-electron chi connectivity index (χ0n) is 27.0. The molecule has 0 amide bonds. The maximum atomic E-state index is 8.28. The van der Waals surface area contributed by atoms with Crippen molar-refractivity contribution in [1.29, 1.82) is 75.5 Å². The summed E-state index contributed by atoms with van der Waals surface area (Å²) >= 11 is 0.611. The SMILES string of the molecule is C.C.C.C.C.C.C.C.C.C.C.C.C.C.C.C.C.C.N#N.N#N.N#N.N#N.N#N.N#N.N#N.O.O.O.O.O.O.O.O.O.O.O.O.O.O.O.O.O.O.O.O.O.O.O.O.O.O.O.O.O.O.O.O.O.O.O.[H-].[Mg+2].[OH-].[O]=[Mg]. The van der Waals surface area contributed by atoms with Crippen LogP contribution in [0.4, 0.5) is 0 Å². The maximum absolute atomic E-state index is 8.28. The van der Waals surface area contributed by atoms with Gasteiger partial charge in [-0.3, -0.25) is 0 Å². The van der Waals surface area contributed by atoms with Gasteiger partial charge in [0, 0.05) is 75.5 Å². The van der Waals surface area contributed by atoms with Crippen LogP contribution in [0.3, 0.4) is 0 Å². The van der Waals surface area contributed by atoms with Crippen molar-refractivity contribution in [1.82, 2.24) is 0 Å². The first-order valence-corrected chi connectivity index (χ1v) is 2.27. The van der Waals surface area contributed by atoms with Crippen molar-refractivity contribution in [2.75, 3.05) is 0 Å². The molecular formula is C18H144Mg2N14O37. The molecule has 0 spiro atoms. The van der Waals surface area contributed by atoms with Crippen LogP contribution in [0, 0.1) is 75.5 Å². The van der Waals surface area contributed by atoms with Gasteiger partial charge in [-0.05, 0) is 0 Å². The van der Waals surface area contributed by atoms with Gasteiger partial charge in [-0.15, -0.1) is 0 Å². The van der Waals surface area contributed by atoms with E-state index in [0.29, 0.717) is 21.7 Å². The zero-order valence-corrected chi connectivity index (χ0v) is 28.9. The Balaban J connectivity index is -0.000000000147. The summed E-state index contributed by atoms with van der Waals surface area (Å²) in [7, 11) is 0. The van der Waals surface area contributed by atoms with Crippen molar-refractivity contribution in [3.63, 3.8) is 0 Å².